The van der Waals surface area contributed by atoms with Gasteiger partial charge in [0.05, 0.1) is 4.88 Å². The molecule has 1 N–H and O–H groups in total. The Balaban J connectivity index is 2.47. The van der Waals surface area contributed by atoms with Gasteiger partial charge in [0, 0.05) is 16.9 Å². The van der Waals surface area contributed by atoms with Crippen molar-refractivity contribution in [2.45, 2.75) is 13.8 Å². The van der Waals surface area contributed by atoms with Crippen LogP contribution in [-0.2, 0) is 0 Å². The maximum atomic E-state index is 11.2. The predicted octanol–water partition coefficient (Wildman–Crippen LogP) is 3.54. The van der Waals surface area contributed by atoms with Crippen molar-refractivity contribution in [3.63, 3.8) is 0 Å². The van der Waals surface area contributed by atoms with Crippen LogP contribution in [0, 0.1) is 0 Å². The summed E-state index contributed by atoms with van der Waals surface area (Å²) in [4.78, 5) is 12.1. The molecule has 0 radical (unpaired) electrons. The zero-order valence-electron chi connectivity index (χ0n) is 8.83. The summed E-state index contributed by atoms with van der Waals surface area (Å²) >= 11 is 1.55. The highest BCUT2D eigenvalue weighted by Gasteiger charge is 2.05. The fraction of sp³-hybridized carbons (Fsp3) is 0.250. The molecular formula is C12H13NOS. The fourth-order valence-electron chi connectivity index (χ4n) is 1.53. The van der Waals surface area contributed by atoms with Gasteiger partial charge in [0.2, 0.25) is 0 Å². The van der Waals surface area contributed by atoms with Crippen molar-refractivity contribution in [1.29, 1.82) is 0 Å². The zero-order chi connectivity index (χ0) is 10.8. The minimum atomic E-state index is 0.140. The van der Waals surface area contributed by atoms with Crippen LogP contribution in [0.4, 0.5) is 5.69 Å². The Labute approximate surface area is 92.9 Å². The molecule has 2 aromatic rings. The van der Waals surface area contributed by atoms with Crippen molar-refractivity contribution >= 4 is 32.9 Å². The van der Waals surface area contributed by atoms with Gasteiger partial charge in [0.1, 0.15) is 0 Å². The van der Waals surface area contributed by atoms with Gasteiger partial charge in [-0.2, -0.15) is 0 Å². The molecule has 3 heteroatoms. The second kappa shape index (κ2) is 4.03. The Morgan fingerprint density at radius 1 is 1.40 bits per heavy atom. The summed E-state index contributed by atoms with van der Waals surface area (Å²) in [6.07, 6.45) is 0. The van der Waals surface area contributed by atoms with Crippen LogP contribution in [-0.4, -0.2) is 12.3 Å². The van der Waals surface area contributed by atoms with E-state index in [1.54, 1.807) is 18.3 Å². The summed E-state index contributed by atoms with van der Waals surface area (Å²) in [6.45, 7) is 4.59. The summed E-state index contributed by atoms with van der Waals surface area (Å²) in [5.74, 6) is 0.140. The second-order valence-electron chi connectivity index (χ2n) is 3.45. The number of thiophene rings is 1. The molecule has 0 aliphatic carbocycles. The molecule has 0 spiro atoms. The quantitative estimate of drug-likeness (QED) is 0.800. The van der Waals surface area contributed by atoms with E-state index in [-0.39, 0.29) is 5.78 Å². The minimum absolute atomic E-state index is 0.140. The Morgan fingerprint density at radius 2 is 2.20 bits per heavy atom. The highest BCUT2D eigenvalue weighted by atomic mass is 32.1. The molecule has 1 heterocycles. The number of carbonyl (C=O) groups excluding carboxylic acids is 1. The summed E-state index contributed by atoms with van der Waals surface area (Å²) in [5, 5.41) is 4.40. The maximum Gasteiger partial charge on any atom is 0.169 e. The molecular weight excluding hydrogens is 206 g/mol. The molecule has 1 aromatic carbocycles. The van der Waals surface area contributed by atoms with Crippen molar-refractivity contribution < 1.29 is 4.79 Å². The largest absolute Gasteiger partial charge is 0.385 e. The third kappa shape index (κ3) is 2.02. The van der Waals surface area contributed by atoms with E-state index >= 15 is 0 Å². The van der Waals surface area contributed by atoms with Gasteiger partial charge in [0.15, 0.2) is 5.78 Å². The molecule has 0 saturated heterocycles. The van der Waals surface area contributed by atoms with E-state index in [0.29, 0.717) is 0 Å². The zero-order valence-corrected chi connectivity index (χ0v) is 9.65. The van der Waals surface area contributed by atoms with Crippen molar-refractivity contribution in [2.24, 2.45) is 0 Å². The van der Waals surface area contributed by atoms with Gasteiger partial charge >= 0.3 is 0 Å². The first-order chi connectivity index (χ1) is 7.20. The average molecular weight is 219 g/mol. The normalized spacial score (nSPS) is 10.5. The number of ketones is 1. The standard InChI is InChI=1S/C12H13NOS/c1-3-13-10-4-5-11-9(6-10)7-12(15-11)8(2)14/h4-7,13H,3H2,1-2H3. The molecule has 15 heavy (non-hydrogen) atoms. The van der Waals surface area contributed by atoms with Crippen molar-refractivity contribution in [3.8, 4) is 0 Å². The van der Waals surface area contributed by atoms with Crippen molar-refractivity contribution in [3.05, 3.63) is 29.1 Å². The molecule has 0 amide bonds. The van der Waals surface area contributed by atoms with Crippen LogP contribution in [0.5, 0.6) is 0 Å². The van der Waals surface area contributed by atoms with E-state index in [1.807, 2.05) is 12.1 Å². The topological polar surface area (TPSA) is 29.1 Å². The SMILES string of the molecule is CCNc1ccc2sc(C(C)=O)cc2c1. The third-order valence-corrected chi connectivity index (χ3v) is 3.46. The van der Waals surface area contributed by atoms with Gasteiger partial charge in [-0.1, -0.05) is 0 Å². The number of anilines is 1. The average Bonchev–Trinajstić information content (AvgIpc) is 2.61. The summed E-state index contributed by atoms with van der Waals surface area (Å²) in [5.41, 5.74) is 1.11. The van der Waals surface area contributed by atoms with Gasteiger partial charge in [-0.15, -0.1) is 11.3 Å². The van der Waals surface area contributed by atoms with Gasteiger partial charge in [0.25, 0.3) is 0 Å². The number of benzene rings is 1. The molecule has 2 nitrogen and oxygen atoms in total. The lowest BCUT2D eigenvalue weighted by Gasteiger charge is -2.01. The van der Waals surface area contributed by atoms with Gasteiger partial charge in [-0.05, 0) is 43.5 Å². The molecule has 0 bridgehead atoms. The Kier molecular flexibility index (Phi) is 2.73. The predicted molar refractivity (Wildman–Crippen MR) is 66.0 cm³/mol. The van der Waals surface area contributed by atoms with Gasteiger partial charge in [-0.3, -0.25) is 4.79 Å². The van der Waals surface area contributed by atoms with Crippen LogP contribution >= 0.6 is 11.3 Å². The second-order valence-corrected chi connectivity index (χ2v) is 4.53. The van der Waals surface area contributed by atoms with Gasteiger partial charge < -0.3 is 5.32 Å². The Bertz CT molecular complexity index is 501. The number of carbonyl (C=O) groups is 1. The lowest BCUT2D eigenvalue weighted by atomic mass is 10.2. The molecule has 78 valence electrons. The van der Waals surface area contributed by atoms with Gasteiger partial charge in [-0.25, -0.2) is 0 Å². The van der Waals surface area contributed by atoms with E-state index in [2.05, 4.69) is 24.4 Å². The van der Waals surface area contributed by atoms with E-state index < -0.39 is 0 Å². The van der Waals surface area contributed by atoms with E-state index in [1.165, 1.54) is 4.70 Å². The highest BCUT2D eigenvalue weighted by Crippen LogP contribution is 2.28. The Morgan fingerprint density at radius 3 is 2.87 bits per heavy atom. The summed E-state index contributed by atoms with van der Waals surface area (Å²) in [6, 6.07) is 8.15. The first-order valence-electron chi connectivity index (χ1n) is 4.99. The van der Waals surface area contributed by atoms with Crippen LogP contribution in [0.2, 0.25) is 0 Å². The molecule has 1 aromatic heterocycles. The summed E-state index contributed by atoms with van der Waals surface area (Å²) < 4.78 is 1.17. The molecule has 2 rings (SSSR count). The molecule has 0 fully saturated rings. The first-order valence-corrected chi connectivity index (χ1v) is 5.80. The smallest absolute Gasteiger partial charge is 0.169 e. The molecule has 0 atom stereocenters. The first kappa shape index (κ1) is 10.2. The molecule has 0 aliphatic rings. The van der Waals surface area contributed by atoms with E-state index in [4.69, 9.17) is 0 Å². The lowest BCUT2D eigenvalue weighted by Crippen LogP contribution is -1.94. The monoisotopic (exact) mass is 219 g/mol. The number of Topliss-reactive ketones (excluding diaryl/α,β-unsaturated/α-hetero) is 1. The Hall–Kier alpha value is -1.35. The van der Waals surface area contributed by atoms with Crippen LogP contribution in [0.1, 0.15) is 23.5 Å². The van der Waals surface area contributed by atoms with E-state index in [9.17, 15) is 4.79 Å². The van der Waals surface area contributed by atoms with Crippen LogP contribution in [0.25, 0.3) is 10.1 Å². The molecule has 0 aliphatic heterocycles. The third-order valence-electron chi connectivity index (χ3n) is 2.24. The lowest BCUT2D eigenvalue weighted by molar-refractivity contribution is 0.102. The molecule has 0 unspecified atom stereocenters. The van der Waals surface area contributed by atoms with Crippen molar-refractivity contribution in [2.75, 3.05) is 11.9 Å². The van der Waals surface area contributed by atoms with Crippen LogP contribution < -0.4 is 5.32 Å². The molecule has 0 saturated carbocycles. The van der Waals surface area contributed by atoms with E-state index in [0.717, 1.165) is 22.5 Å². The number of nitrogens with one attached hydrogen (secondary N) is 1. The number of fused-ring (bicyclic) bond motifs is 1. The van der Waals surface area contributed by atoms with Crippen LogP contribution in [0.15, 0.2) is 24.3 Å². The maximum absolute atomic E-state index is 11.2. The highest BCUT2D eigenvalue weighted by molar-refractivity contribution is 7.20. The fourth-order valence-corrected chi connectivity index (χ4v) is 2.47. The van der Waals surface area contributed by atoms with Crippen molar-refractivity contribution in [1.82, 2.24) is 0 Å². The number of hydrogen-bond acceptors (Lipinski definition) is 3. The number of rotatable bonds is 3. The summed E-state index contributed by atoms with van der Waals surface area (Å²) in [7, 11) is 0. The minimum Gasteiger partial charge on any atom is -0.385 e. The number of hydrogen-bond donors (Lipinski definition) is 1. The van der Waals surface area contributed by atoms with Crippen LogP contribution in [0.3, 0.4) is 0 Å².